The van der Waals surface area contributed by atoms with Gasteiger partial charge in [0.05, 0.1) is 22.5 Å². The van der Waals surface area contributed by atoms with Gasteiger partial charge in [0.2, 0.25) is 0 Å². The van der Waals surface area contributed by atoms with Crippen LogP contribution in [0.25, 0.3) is 6.08 Å². The minimum atomic E-state index is -3.17. The number of anilines is 1. The summed E-state index contributed by atoms with van der Waals surface area (Å²) >= 11 is 6.61. The number of thiocarbonyl (C=S) groups is 1. The van der Waals surface area contributed by atoms with Crippen molar-refractivity contribution in [2.45, 2.75) is 58.5 Å². The summed E-state index contributed by atoms with van der Waals surface area (Å²) < 4.78 is 25.9. The molecule has 0 saturated carbocycles. The van der Waals surface area contributed by atoms with Crippen LogP contribution < -0.4 is 10.5 Å². The number of nitriles is 1. The van der Waals surface area contributed by atoms with E-state index in [1.807, 2.05) is 6.92 Å². The topological polar surface area (TPSA) is 103 Å². The fraction of sp³-hybridized carbons (Fsp3) is 0.565. The molecular formula is C23H28N4O4S3. The van der Waals surface area contributed by atoms with Crippen LogP contribution in [0.3, 0.4) is 0 Å². The summed E-state index contributed by atoms with van der Waals surface area (Å²) in [5.74, 6) is 0.397. The van der Waals surface area contributed by atoms with Gasteiger partial charge in [-0.05, 0) is 44.7 Å². The van der Waals surface area contributed by atoms with Gasteiger partial charge in [-0.2, -0.15) is 5.26 Å². The van der Waals surface area contributed by atoms with Crippen molar-refractivity contribution in [2.75, 3.05) is 29.5 Å². The Bertz CT molecular complexity index is 1270. The molecule has 8 nitrogen and oxygen atoms in total. The Kier molecular flexibility index (Phi) is 7.22. The van der Waals surface area contributed by atoms with Crippen molar-refractivity contribution in [3.8, 4) is 6.07 Å². The summed E-state index contributed by atoms with van der Waals surface area (Å²) in [4.78, 5) is 30.5. The van der Waals surface area contributed by atoms with E-state index in [1.165, 1.54) is 4.90 Å². The summed E-state index contributed by atoms with van der Waals surface area (Å²) in [5.41, 5.74) is 0.983. The van der Waals surface area contributed by atoms with Gasteiger partial charge in [-0.25, -0.2) is 8.42 Å². The van der Waals surface area contributed by atoms with Gasteiger partial charge in [0.1, 0.15) is 21.8 Å². The maximum Gasteiger partial charge on any atom is 0.270 e. The summed E-state index contributed by atoms with van der Waals surface area (Å²) in [5, 5.41) is 9.72. The molecule has 4 rings (SSSR count). The molecule has 1 atom stereocenters. The lowest BCUT2D eigenvalue weighted by atomic mass is 10.0. The molecule has 0 radical (unpaired) electrons. The SMILES string of the molecule is CCn1c(N2CCCCCC2)c(/C=C2/SC(=S)N(C3CCS(=O)(=O)C3)C2=O)c(C)c(C#N)c1=O. The highest BCUT2D eigenvalue weighted by molar-refractivity contribution is 8.26. The largest absolute Gasteiger partial charge is 0.357 e. The first-order valence-electron chi connectivity index (χ1n) is 11.6. The maximum absolute atomic E-state index is 13.4. The molecule has 4 heterocycles. The second-order valence-electron chi connectivity index (χ2n) is 8.91. The molecule has 34 heavy (non-hydrogen) atoms. The summed E-state index contributed by atoms with van der Waals surface area (Å²) in [6.45, 7) is 5.63. The Morgan fingerprint density at radius 1 is 1.21 bits per heavy atom. The van der Waals surface area contributed by atoms with Crippen LogP contribution in [0.4, 0.5) is 5.82 Å². The predicted octanol–water partition coefficient (Wildman–Crippen LogP) is 2.82. The summed E-state index contributed by atoms with van der Waals surface area (Å²) in [6.07, 6.45) is 6.38. The molecule has 0 spiro atoms. The lowest BCUT2D eigenvalue weighted by Crippen LogP contribution is -2.39. The number of carbonyl (C=O) groups excluding carboxylic acids is 1. The molecule has 3 aliphatic rings. The first-order chi connectivity index (χ1) is 16.2. The molecule has 0 N–H and O–H groups in total. The van der Waals surface area contributed by atoms with E-state index in [0.29, 0.717) is 33.3 Å². The number of thioether (sulfide) groups is 1. The zero-order valence-corrected chi connectivity index (χ0v) is 21.8. The summed E-state index contributed by atoms with van der Waals surface area (Å²) in [7, 11) is -3.17. The quantitative estimate of drug-likeness (QED) is 0.441. The van der Waals surface area contributed by atoms with Crippen molar-refractivity contribution in [3.63, 3.8) is 0 Å². The number of sulfone groups is 1. The Balaban J connectivity index is 1.83. The van der Waals surface area contributed by atoms with Crippen molar-refractivity contribution >= 4 is 55.9 Å². The molecule has 0 aliphatic carbocycles. The van der Waals surface area contributed by atoms with Gasteiger partial charge in [-0.15, -0.1) is 0 Å². The van der Waals surface area contributed by atoms with Crippen molar-refractivity contribution in [3.05, 3.63) is 31.9 Å². The van der Waals surface area contributed by atoms with Crippen LogP contribution in [-0.4, -0.2) is 58.7 Å². The van der Waals surface area contributed by atoms with Crippen LogP contribution in [0, 0.1) is 18.3 Å². The van der Waals surface area contributed by atoms with Crippen LogP contribution in [0.5, 0.6) is 0 Å². The van der Waals surface area contributed by atoms with Crippen LogP contribution in [0.1, 0.15) is 55.7 Å². The monoisotopic (exact) mass is 520 g/mol. The molecule has 3 aliphatic heterocycles. The van der Waals surface area contributed by atoms with E-state index in [1.54, 1.807) is 17.6 Å². The van der Waals surface area contributed by atoms with Gasteiger partial charge >= 0.3 is 0 Å². The van der Waals surface area contributed by atoms with Gasteiger partial charge in [0, 0.05) is 25.2 Å². The Hall–Kier alpha value is -2.16. The van der Waals surface area contributed by atoms with Gasteiger partial charge in [0.15, 0.2) is 9.84 Å². The van der Waals surface area contributed by atoms with Gasteiger partial charge in [-0.3, -0.25) is 19.1 Å². The van der Waals surface area contributed by atoms with Crippen molar-refractivity contribution in [2.24, 2.45) is 0 Å². The zero-order chi connectivity index (χ0) is 24.6. The molecule has 3 saturated heterocycles. The lowest BCUT2D eigenvalue weighted by Gasteiger charge is -2.29. The molecule has 0 bridgehead atoms. The first kappa shape index (κ1) is 24.9. The van der Waals surface area contributed by atoms with E-state index in [4.69, 9.17) is 12.2 Å². The Labute approximate surface area is 209 Å². The molecule has 1 aromatic heterocycles. The van der Waals surface area contributed by atoms with E-state index in [2.05, 4.69) is 11.0 Å². The minimum Gasteiger partial charge on any atom is -0.357 e. The van der Waals surface area contributed by atoms with Crippen molar-refractivity contribution in [1.29, 1.82) is 5.26 Å². The fourth-order valence-corrected chi connectivity index (χ4v) is 8.05. The van der Waals surface area contributed by atoms with Crippen molar-refractivity contribution < 1.29 is 13.2 Å². The van der Waals surface area contributed by atoms with E-state index in [-0.39, 0.29) is 28.5 Å². The maximum atomic E-state index is 13.4. The van der Waals surface area contributed by atoms with Crippen LogP contribution in [0.2, 0.25) is 0 Å². The zero-order valence-electron chi connectivity index (χ0n) is 19.4. The van der Waals surface area contributed by atoms with E-state index in [0.717, 1.165) is 56.4 Å². The average Bonchev–Trinajstić information content (AvgIpc) is 3.13. The molecule has 1 amide bonds. The third-order valence-electron chi connectivity index (χ3n) is 6.74. The molecule has 0 aromatic carbocycles. The second-order valence-corrected chi connectivity index (χ2v) is 12.8. The number of hydrogen-bond donors (Lipinski definition) is 0. The summed E-state index contributed by atoms with van der Waals surface area (Å²) in [6, 6.07) is 1.60. The smallest absolute Gasteiger partial charge is 0.270 e. The fourth-order valence-electron chi connectivity index (χ4n) is 4.97. The molecule has 182 valence electrons. The lowest BCUT2D eigenvalue weighted by molar-refractivity contribution is -0.123. The number of amides is 1. The highest BCUT2D eigenvalue weighted by Crippen LogP contribution is 2.38. The molecule has 3 fully saturated rings. The number of carbonyl (C=O) groups is 1. The van der Waals surface area contributed by atoms with E-state index >= 15 is 0 Å². The first-order valence-corrected chi connectivity index (χ1v) is 14.6. The molecular weight excluding hydrogens is 492 g/mol. The number of rotatable bonds is 4. The Morgan fingerprint density at radius 2 is 1.88 bits per heavy atom. The molecule has 11 heteroatoms. The second kappa shape index (κ2) is 9.84. The van der Waals surface area contributed by atoms with E-state index < -0.39 is 15.9 Å². The van der Waals surface area contributed by atoms with Crippen LogP contribution >= 0.6 is 24.0 Å². The van der Waals surface area contributed by atoms with Crippen LogP contribution in [-0.2, 0) is 21.2 Å². The highest BCUT2D eigenvalue weighted by Gasteiger charge is 2.42. The standard InChI is InChI=1S/C23H28N4O4S3/c1-3-26-20(25-9-6-4-5-7-10-25)17(15(2)18(13-24)21(26)28)12-19-22(29)27(23(32)33-19)16-8-11-34(30,31)14-16/h12,16H,3-11,14H2,1-2H3/b19-12+. The van der Waals surface area contributed by atoms with E-state index in [9.17, 15) is 23.3 Å². The van der Waals surface area contributed by atoms with Gasteiger partial charge < -0.3 is 4.90 Å². The van der Waals surface area contributed by atoms with Crippen LogP contribution in [0.15, 0.2) is 9.70 Å². The minimum absolute atomic E-state index is 0.0545. The third kappa shape index (κ3) is 4.55. The number of pyridine rings is 1. The average molecular weight is 521 g/mol. The highest BCUT2D eigenvalue weighted by atomic mass is 32.2. The Morgan fingerprint density at radius 3 is 2.44 bits per heavy atom. The number of aromatic nitrogens is 1. The predicted molar refractivity (Wildman–Crippen MR) is 139 cm³/mol. The van der Waals surface area contributed by atoms with Gasteiger partial charge in [0.25, 0.3) is 11.5 Å². The van der Waals surface area contributed by atoms with Crippen molar-refractivity contribution in [1.82, 2.24) is 9.47 Å². The number of hydrogen-bond acceptors (Lipinski definition) is 8. The molecule has 1 unspecified atom stereocenters. The third-order valence-corrected chi connectivity index (χ3v) is 9.82. The molecule has 1 aromatic rings. The normalized spacial score (nSPS) is 24.0. The number of nitrogens with zero attached hydrogens (tertiary/aromatic N) is 4. The van der Waals surface area contributed by atoms with Gasteiger partial charge in [-0.1, -0.05) is 36.8 Å².